The predicted molar refractivity (Wildman–Crippen MR) is 121 cm³/mol. The third kappa shape index (κ3) is 3.99. The van der Waals surface area contributed by atoms with Crippen LogP contribution in [0.25, 0.3) is 0 Å². The van der Waals surface area contributed by atoms with Gasteiger partial charge in [-0.3, -0.25) is 0 Å². The molecule has 2 bridgehead atoms. The van der Waals surface area contributed by atoms with Crippen molar-refractivity contribution in [3.05, 3.63) is 23.5 Å². The maximum absolute atomic E-state index is 13.5. The van der Waals surface area contributed by atoms with E-state index in [9.17, 15) is 9.59 Å². The second-order valence-corrected chi connectivity index (χ2v) is 16.6. The second-order valence-electron chi connectivity index (χ2n) is 11.9. The van der Waals surface area contributed by atoms with E-state index in [2.05, 4.69) is 53.8 Å². The van der Waals surface area contributed by atoms with Crippen molar-refractivity contribution in [1.29, 1.82) is 0 Å². The van der Waals surface area contributed by atoms with Crippen molar-refractivity contribution in [3.63, 3.8) is 0 Å². The van der Waals surface area contributed by atoms with Crippen molar-refractivity contribution in [2.45, 2.75) is 97.2 Å². The summed E-state index contributed by atoms with van der Waals surface area (Å²) < 4.78 is 24.1. The van der Waals surface area contributed by atoms with Crippen LogP contribution in [-0.4, -0.2) is 44.2 Å². The van der Waals surface area contributed by atoms with Crippen molar-refractivity contribution in [3.8, 4) is 0 Å². The first kappa shape index (κ1) is 24.0. The Kier molecular flexibility index (Phi) is 5.59. The Bertz CT molecular complexity index is 847. The van der Waals surface area contributed by atoms with Crippen LogP contribution >= 0.6 is 0 Å². The van der Waals surface area contributed by atoms with Gasteiger partial charge in [0.2, 0.25) is 14.4 Å². The zero-order chi connectivity index (χ0) is 23.6. The molecule has 0 unspecified atom stereocenters. The summed E-state index contributed by atoms with van der Waals surface area (Å²) in [4.78, 5) is 25.8. The van der Waals surface area contributed by atoms with Gasteiger partial charge in [0.25, 0.3) is 0 Å². The molecule has 0 saturated carbocycles. The minimum absolute atomic E-state index is 0.0387. The summed E-state index contributed by atoms with van der Waals surface area (Å²) in [5, 5.41) is -0.0387. The fraction of sp³-hybridized carbons (Fsp3) is 0.750. The van der Waals surface area contributed by atoms with Crippen LogP contribution in [-0.2, 0) is 28.2 Å². The number of esters is 2. The molecule has 0 N–H and O–H groups in total. The van der Waals surface area contributed by atoms with Gasteiger partial charge < -0.3 is 18.6 Å². The normalized spacial score (nSPS) is 32.5. The molecule has 3 heterocycles. The average molecular weight is 451 g/mol. The number of hydrogen-bond acceptors (Lipinski definition) is 6. The molecule has 0 aromatic heterocycles. The van der Waals surface area contributed by atoms with E-state index in [0.29, 0.717) is 17.8 Å². The van der Waals surface area contributed by atoms with Crippen LogP contribution in [0.15, 0.2) is 23.5 Å². The van der Waals surface area contributed by atoms with Crippen molar-refractivity contribution in [2.75, 3.05) is 6.61 Å². The highest BCUT2D eigenvalue weighted by Gasteiger charge is 2.57. The van der Waals surface area contributed by atoms with E-state index < -0.39 is 43.0 Å². The van der Waals surface area contributed by atoms with E-state index in [0.717, 1.165) is 0 Å². The molecule has 1 saturated heterocycles. The maximum Gasteiger partial charge on any atom is 0.348 e. The second kappa shape index (κ2) is 7.20. The van der Waals surface area contributed by atoms with Crippen LogP contribution in [0.4, 0.5) is 0 Å². The first-order chi connectivity index (χ1) is 13.9. The molecule has 3 aliphatic rings. The Morgan fingerprint density at radius 2 is 1.81 bits per heavy atom. The number of carbonyl (C=O) groups is 2. The van der Waals surface area contributed by atoms with E-state index in [4.69, 9.17) is 18.6 Å². The molecule has 3 aliphatic heterocycles. The summed E-state index contributed by atoms with van der Waals surface area (Å²) >= 11 is 0. The quantitative estimate of drug-likeness (QED) is 0.337. The highest BCUT2D eigenvalue weighted by atomic mass is 28.4. The van der Waals surface area contributed by atoms with E-state index >= 15 is 0 Å². The molecule has 7 heteroatoms. The Balaban J connectivity index is 2.06. The molecular formula is C24H38O6Si. The van der Waals surface area contributed by atoms with E-state index in [-0.39, 0.29) is 17.6 Å². The average Bonchev–Trinajstić information content (AvgIpc) is 3.02. The Morgan fingerprint density at radius 3 is 2.29 bits per heavy atom. The summed E-state index contributed by atoms with van der Waals surface area (Å²) in [6.07, 6.45) is 3.50. The summed E-state index contributed by atoms with van der Waals surface area (Å²) in [5.41, 5.74) is -1.72. The number of carbonyl (C=O) groups excluding carboxylic acids is 2. The lowest BCUT2D eigenvalue weighted by Gasteiger charge is -2.46. The van der Waals surface area contributed by atoms with Crippen LogP contribution < -0.4 is 0 Å². The lowest BCUT2D eigenvalue weighted by atomic mass is 9.83. The van der Waals surface area contributed by atoms with Crippen molar-refractivity contribution < 1.29 is 28.2 Å². The van der Waals surface area contributed by atoms with Gasteiger partial charge in [-0.1, -0.05) is 54.5 Å². The fourth-order valence-electron chi connectivity index (χ4n) is 4.09. The highest BCUT2D eigenvalue weighted by Crippen LogP contribution is 2.52. The lowest BCUT2D eigenvalue weighted by molar-refractivity contribution is -0.165. The molecule has 0 aromatic rings. The molecule has 0 aliphatic carbocycles. The minimum atomic E-state index is -2.24. The Labute approximate surface area is 187 Å². The predicted octanol–water partition coefficient (Wildman–Crippen LogP) is 4.90. The molecule has 1 fully saturated rings. The van der Waals surface area contributed by atoms with Crippen LogP contribution in [0.3, 0.4) is 0 Å². The van der Waals surface area contributed by atoms with Gasteiger partial charge in [-0.25, -0.2) is 9.59 Å². The lowest BCUT2D eigenvalue weighted by Crippen LogP contribution is -2.50. The molecule has 0 amide bonds. The first-order valence-corrected chi connectivity index (χ1v) is 14.1. The molecular weight excluding hydrogens is 412 g/mol. The highest BCUT2D eigenvalue weighted by molar-refractivity contribution is 6.74. The van der Waals surface area contributed by atoms with Gasteiger partial charge in [0.1, 0.15) is 17.8 Å². The Hall–Kier alpha value is -1.60. The monoisotopic (exact) mass is 450 g/mol. The van der Waals surface area contributed by atoms with Crippen molar-refractivity contribution >= 4 is 20.3 Å². The zero-order valence-electron chi connectivity index (χ0n) is 20.7. The van der Waals surface area contributed by atoms with Crippen LogP contribution in [0.2, 0.25) is 18.1 Å². The topological polar surface area (TPSA) is 71.1 Å². The van der Waals surface area contributed by atoms with Crippen LogP contribution in [0.5, 0.6) is 0 Å². The third-order valence-corrected chi connectivity index (χ3v) is 11.8. The van der Waals surface area contributed by atoms with E-state index in [1.165, 1.54) is 0 Å². The molecule has 174 valence electrons. The van der Waals surface area contributed by atoms with Crippen LogP contribution in [0, 0.1) is 11.3 Å². The smallest absolute Gasteiger partial charge is 0.348 e. The first-order valence-electron chi connectivity index (χ1n) is 11.1. The standard InChI is InChI=1S/C24H38O6Si/c1-15(2)24-12-11-23(8,30-24)17(16(13-24)29-31(9,10)21(3,4)5)19(25)28-18-20(26)27-14-22(18,6)7/h11-12,15,18H,13-14H2,1-10H3/t18-,23+,24-/m0/s1. The van der Waals surface area contributed by atoms with Gasteiger partial charge in [-0.2, -0.15) is 0 Å². The number of fused-ring (bicyclic) bond motifs is 2. The maximum atomic E-state index is 13.5. The number of ether oxygens (including phenoxy) is 3. The van der Waals surface area contributed by atoms with Gasteiger partial charge in [-0.05, 0) is 37.0 Å². The van der Waals surface area contributed by atoms with Crippen molar-refractivity contribution in [1.82, 2.24) is 0 Å². The summed E-state index contributed by atoms with van der Waals surface area (Å²) in [6, 6.07) is 0. The van der Waals surface area contributed by atoms with Gasteiger partial charge in [0.15, 0.2) is 0 Å². The molecule has 3 atom stereocenters. The van der Waals surface area contributed by atoms with Gasteiger partial charge >= 0.3 is 11.9 Å². The molecule has 3 rings (SSSR count). The van der Waals surface area contributed by atoms with E-state index in [1.54, 1.807) is 0 Å². The molecule has 0 aromatic carbocycles. The summed E-state index contributed by atoms with van der Waals surface area (Å²) in [7, 11) is -2.24. The van der Waals surface area contributed by atoms with Crippen molar-refractivity contribution in [2.24, 2.45) is 11.3 Å². The summed E-state index contributed by atoms with van der Waals surface area (Å²) in [5.74, 6) is -0.249. The zero-order valence-corrected chi connectivity index (χ0v) is 21.7. The SMILES string of the molecule is CC(C)[C@@]12C=C[C@@](C)(O1)C(C(=O)O[C@H]1C(=O)OCC1(C)C)=C(O[Si](C)(C)C(C)(C)C)C2. The molecule has 31 heavy (non-hydrogen) atoms. The molecule has 0 spiro atoms. The van der Waals surface area contributed by atoms with Crippen LogP contribution in [0.1, 0.15) is 61.8 Å². The van der Waals surface area contributed by atoms with Gasteiger partial charge in [0.05, 0.1) is 11.4 Å². The fourth-order valence-corrected chi connectivity index (χ4v) is 5.19. The van der Waals surface area contributed by atoms with Gasteiger partial charge in [-0.15, -0.1) is 0 Å². The molecule has 0 radical (unpaired) electrons. The van der Waals surface area contributed by atoms with E-state index in [1.807, 2.05) is 26.8 Å². The third-order valence-electron chi connectivity index (χ3n) is 7.40. The number of hydrogen-bond donors (Lipinski definition) is 0. The summed E-state index contributed by atoms with van der Waals surface area (Å²) in [6.45, 7) is 20.9. The Morgan fingerprint density at radius 1 is 1.19 bits per heavy atom. The minimum Gasteiger partial charge on any atom is -0.546 e. The largest absolute Gasteiger partial charge is 0.546 e. The van der Waals surface area contributed by atoms with Gasteiger partial charge in [0, 0.05) is 11.8 Å². The number of cyclic esters (lactones) is 1. The molecule has 6 nitrogen and oxygen atoms in total. The number of rotatable bonds is 5.